The molecule has 0 aliphatic carbocycles. The molecule has 1 aromatic carbocycles. The van der Waals surface area contributed by atoms with Crippen molar-refractivity contribution in [1.29, 1.82) is 0 Å². The monoisotopic (exact) mass is 234 g/mol. The summed E-state index contributed by atoms with van der Waals surface area (Å²) in [6, 6.07) is 3.88. The van der Waals surface area contributed by atoms with E-state index in [0.29, 0.717) is 18.0 Å². The number of nitrogens with two attached hydrogens (primary N) is 1. The van der Waals surface area contributed by atoms with E-state index in [9.17, 15) is 4.79 Å². The minimum Gasteiger partial charge on any atom is -0.488 e. The van der Waals surface area contributed by atoms with E-state index in [-0.39, 0.29) is 11.8 Å². The van der Waals surface area contributed by atoms with Gasteiger partial charge in [0.05, 0.1) is 23.9 Å². The fraction of sp³-hybridized carbons (Fsp3) is 0.462. The van der Waals surface area contributed by atoms with E-state index in [1.807, 2.05) is 19.1 Å². The zero-order chi connectivity index (χ0) is 12.6. The lowest BCUT2D eigenvalue weighted by Crippen LogP contribution is -2.31. The minimum absolute atomic E-state index is 0.0661. The average molecular weight is 234 g/mol. The molecule has 1 heterocycles. The van der Waals surface area contributed by atoms with Gasteiger partial charge in [0, 0.05) is 7.05 Å². The molecule has 0 bridgehead atoms. The Labute approximate surface area is 101 Å². The molecule has 1 atom stereocenters. The van der Waals surface area contributed by atoms with E-state index in [4.69, 9.17) is 10.5 Å². The number of fused-ring (bicyclic) bond motifs is 1. The topological polar surface area (TPSA) is 55.6 Å². The molecule has 4 nitrogen and oxygen atoms in total. The number of anilines is 2. The molecule has 0 radical (unpaired) electrons. The largest absolute Gasteiger partial charge is 0.488 e. The SMILES string of the molecule is CCc1cc(N)c2c(c1)N(C)C(=O)C(C)CO2. The fourth-order valence-electron chi connectivity index (χ4n) is 2.04. The van der Waals surface area contributed by atoms with E-state index in [2.05, 4.69) is 6.92 Å². The maximum Gasteiger partial charge on any atom is 0.233 e. The zero-order valence-electron chi connectivity index (χ0n) is 10.5. The molecule has 2 N–H and O–H groups in total. The van der Waals surface area contributed by atoms with Crippen LogP contribution in [0.5, 0.6) is 5.75 Å². The second kappa shape index (κ2) is 4.28. The second-order valence-electron chi connectivity index (χ2n) is 4.50. The number of amides is 1. The van der Waals surface area contributed by atoms with Gasteiger partial charge in [0.25, 0.3) is 0 Å². The lowest BCUT2D eigenvalue weighted by atomic mass is 10.1. The molecular weight excluding hydrogens is 216 g/mol. The van der Waals surface area contributed by atoms with Gasteiger partial charge in [-0.05, 0) is 24.1 Å². The number of hydrogen-bond donors (Lipinski definition) is 1. The molecule has 0 aromatic heterocycles. The molecule has 1 unspecified atom stereocenters. The highest BCUT2D eigenvalue weighted by Crippen LogP contribution is 2.38. The van der Waals surface area contributed by atoms with Crippen molar-refractivity contribution in [2.75, 3.05) is 24.3 Å². The first-order chi connectivity index (χ1) is 8.04. The van der Waals surface area contributed by atoms with Gasteiger partial charge in [-0.3, -0.25) is 4.79 Å². The summed E-state index contributed by atoms with van der Waals surface area (Å²) in [7, 11) is 1.77. The Hall–Kier alpha value is -1.71. The molecule has 1 amide bonds. The molecule has 0 spiro atoms. The first kappa shape index (κ1) is 11.8. The van der Waals surface area contributed by atoms with Crippen LogP contribution in [0.3, 0.4) is 0 Å². The van der Waals surface area contributed by atoms with Gasteiger partial charge >= 0.3 is 0 Å². The van der Waals surface area contributed by atoms with E-state index in [0.717, 1.165) is 17.7 Å². The summed E-state index contributed by atoms with van der Waals surface area (Å²) in [6.45, 7) is 4.30. The van der Waals surface area contributed by atoms with Gasteiger partial charge in [-0.1, -0.05) is 13.8 Å². The molecule has 4 heteroatoms. The van der Waals surface area contributed by atoms with Gasteiger partial charge in [0.1, 0.15) is 0 Å². The Kier molecular flexibility index (Phi) is 2.96. The maximum absolute atomic E-state index is 12.0. The van der Waals surface area contributed by atoms with Crippen molar-refractivity contribution in [3.05, 3.63) is 17.7 Å². The van der Waals surface area contributed by atoms with E-state index in [1.54, 1.807) is 11.9 Å². The Morgan fingerprint density at radius 1 is 1.53 bits per heavy atom. The maximum atomic E-state index is 12.0. The van der Waals surface area contributed by atoms with Gasteiger partial charge in [0.15, 0.2) is 5.75 Å². The molecule has 0 fully saturated rings. The van der Waals surface area contributed by atoms with E-state index >= 15 is 0 Å². The van der Waals surface area contributed by atoms with E-state index in [1.165, 1.54) is 0 Å². The van der Waals surface area contributed by atoms with Crippen molar-refractivity contribution in [1.82, 2.24) is 0 Å². The standard InChI is InChI=1S/C13H18N2O2/c1-4-9-5-10(14)12-11(6-9)15(3)13(16)8(2)7-17-12/h5-6,8H,4,7,14H2,1-3H3. The minimum atomic E-state index is -0.142. The zero-order valence-corrected chi connectivity index (χ0v) is 10.5. The van der Waals surface area contributed by atoms with Crippen LogP contribution in [0.2, 0.25) is 0 Å². The molecule has 1 aromatic rings. The summed E-state index contributed by atoms with van der Waals surface area (Å²) < 4.78 is 5.64. The first-order valence-corrected chi connectivity index (χ1v) is 5.87. The van der Waals surface area contributed by atoms with Crippen molar-refractivity contribution < 1.29 is 9.53 Å². The van der Waals surface area contributed by atoms with E-state index < -0.39 is 0 Å². The predicted molar refractivity (Wildman–Crippen MR) is 68.3 cm³/mol. The van der Waals surface area contributed by atoms with Gasteiger partial charge in [-0.15, -0.1) is 0 Å². The molecule has 0 saturated heterocycles. The van der Waals surface area contributed by atoms with Crippen molar-refractivity contribution >= 4 is 17.3 Å². The Morgan fingerprint density at radius 3 is 2.88 bits per heavy atom. The number of carbonyl (C=O) groups excluding carboxylic acids is 1. The summed E-state index contributed by atoms with van der Waals surface area (Å²) >= 11 is 0. The Morgan fingerprint density at radius 2 is 2.24 bits per heavy atom. The lowest BCUT2D eigenvalue weighted by molar-refractivity contribution is -0.122. The van der Waals surface area contributed by atoms with Gasteiger partial charge in [0.2, 0.25) is 5.91 Å². The third kappa shape index (κ3) is 1.95. The van der Waals surface area contributed by atoms with Crippen LogP contribution in [0, 0.1) is 5.92 Å². The molecule has 2 rings (SSSR count). The van der Waals surface area contributed by atoms with Crippen molar-refractivity contribution in [2.24, 2.45) is 5.92 Å². The number of ether oxygens (including phenoxy) is 1. The van der Waals surface area contributed by atoms with Crippen LogP contribution in [0.15, 0.2) is 12.1 Å². The molecule has 1 aliphatic heterocycles. The number of nitrogens with zero attached hydrogens (tertiary/aromatic N) is 1. The normalized spacial score (nSPS) is 19.6. The van der Waals surface area contributed by atoms with Gasteiger partial charge in [-0.2, -0.15) is 0 Å². The summed E-state index contributed by atoms with van der Waals surface area (Å²) in [5.41, 5.74) is 8.47. The lowest BCUT2D eigenvalue weighted by Gasteiger charge is -2.19. The Balaban J connectivity index is 2.55. The third-order valence-electron chi connectivity index (χ3n) is 3.16. The quantitative estimate of drug-likeness (QED) is 0.754. The van der Waals surface area contributed by atoms with Crippen molar-refractivity contribution in [3.63, 3.8) is 0 Å². The molecule has 92 valence electrons. The summed E-state index contributed by atoms with van der Waals surface area (Å²) in [5.74, 6) is 0.552. The van der Waals surface area contributed by atoms with Crippen LogP contribution in [0.25, 0.3) is 0 Å². The summed E-state index contributed by atoms with van der Waals surface area (Å²) in [6.07, 6.45) is 0.884. The predicted octanol–water partition coefficient (Wildman–Crippen LogP) is 1.82. The molecule has 1 aliphatic rings. The average Bonchev–Trinajstić information content (AvgIpc) is 2.43. The smallest absolute Gasteiger partial charge is 0.233 e. The van der Waals surface area contributed by atoms with Crippen LogP contribution >= 0.6 is 0 Å². The fourth-order valence-corrected chi connectivity index (χ4v) is 2.04. The highest BCUT2D eigenvalue weighted by molar-refractivity contribution is 5.97. The highest BCUT2D eigenvalue weighted by atomic mass is 16.5. The first-order valence-electron chi connectivity index (χ1n) is 5.87. The van der Waals surface area contributed by atoms with Gasteiger partial charge < -0.3 is 15.4 Å². The number of hydrogen-bond acceptors (Lipinski definition) is 3. The number of nitrogen functional groups attached to an aromatic ring is 1. The number of benzene rings is 1. The van der Waals surface area contributed by atoms with Crippen LogP contribution in [-0.2, 0) is 11.2 Å². The second-order valence-corrected chi connectivity index (χ2v) is 4.50. The van der Waals surface area contributed by atoms with Gasteiger partial charge in [-0.25, -0.2) is 0 Å². The van der Waals surface area contributed by atoms with Crippen LogP contribution in [0.4, 0.5) is 11.4 Å². The molecule has 17 heavy (non-hydrogen) atoms. The molecular formula is C13H18N2O2. The van der Waals surface area contributed by atoms with Crippen LogP contribution in [0.1, 0.15) is 19.4 Å². The number of aryl methyl sites for hydroxylation is 1. The van der Waals surface area contributed by atoms with Crippen molar-refractivity contribution in [2.45, 2.75) is 20.3 Å². The third-order valence-corrected chi connectivity index (χ3v) is 3.16. The van der Waals surface area contributed by atoms with Crippen molar-refractivity contribution in [3.8, 4) is 5.75 Å². The number of rotatable bonds is 1. The highest BCUT2D eigenvalue weighted by Gasteiger charge is 2.27. The Bertz CT molecular complexity index is 457. The molecule has 0 saturated carbocycles. The van der Waals surface area contributed by atoms with Crippen LogP contribution in [-0.4, -0.2) is 19.6 Å². The van der Waals surface area contributed by atoms with Crippen LogP contribution < -0.4 is 15.4 Å². The summed E-state index contributed by atoms with van der Waals surface area (Å²) in [5, 5.41) is 0. The number of carbonyl (C=O) groups is 1. The summed E-state index contributed by atoms with van der Waals surface area (Å²) in [4.78, 5) is 13.7.